The van der Waals surface area contributed by atoms with Crippen LogP contribution in [0.2, 0.25) is 0 Å². The van der Waals surface area contributed by atoms with Crippen LogP contribution in [0.3, 0.4) is 0 Å². The average Bonchev–Trinajstić information content (AvgIpc) is 1.45. The molecule has 88 valence electrons. The summed E-state index contributed by atoms with van der Waals surface area (Å²) in [5, 5.41) is 13.9. The summed E-state index contributed by atoms with van der Waals surface area (Å²) >= 11 is 0. The molecule has 8 N–H and O–H groups in total. The van der Waals surface area contributed by atoms with Crippen molar-refractivity contribution in [2.24, 2.45) is 0 Å². The highest BCUT2D eigenvalue weighted by atomic mass is 31.2. The molecule has 0 saturated carbocycles. The zero-order valence-electron chi connectivity index (χ0n) is 6.20. The van der Waals surface area contributed by atoms with E-state index in [4.69, 9.17) is 53.5 Å². The summed E-state index contributed by atoms with van der Waals surface area (Å²) in [6.45, 7) is 0. The van der Waals surface area contributed by atoms with E-state index in [-0.39, 0.29) is 0 Å². The second-order valence-corrected chi connectivity index (χ2v) is 3.36. The van der Waals surface area contributed by atoms with Gasteiger partial charge in [0.05, 0.1) is 0 Å². The van der Waals surface area contributed by atoms with Crippen molar-refractivity contribution in [3.8, 4) is 0 Å². The summed E-state index contributed by atoms with van der Waals surface area (Å²) in [6.07, 6.45) is -1.83. The van der Waals surface area contributed by atoms with Crippen molar-refractivity contribution in [2.75, 3.05) is 0 Å². The van der Waals surface area contributed by atoms with E-state index >= 15 is 0 Å². The number of carboxylic acid groups (broad SMARTS) is 2. The third-order valence-corrected chi connectivity index (χ3v) is 0. The topological polar surface area (TPSA) is 213 Å². The van der Waals surface area contributed by atoms with Gasteiger partial charge in [-0.15, -0.1) is 0 Å². The molecule has 0 aliphatic rings. The molecule has 14 heavy (non-hydrogen) atoms. The molecule has 0 aliphatic heterocycles. The van der Waals surface area contributed by atoms with Gasteiger partial charge in [-0.1, -0.05) is 0 Å². The van der Waals surface area contributed by atoms with Crippen LogP contribution in [-0.4, -0.2) is 45.7 Å². The quantitative estimate of drug-likeness (QED) is 0.230. The highest BCUT2D eigenvalue weighted by molar-refractivity contribution is 7.45. The normalized spacial score (nSPS) is 10.1. The van der Waals surface area contributed by atoms with Crippen LogP contribution in [-0.2, 0) is 9.13 Å². The van der Waals surface area contributed by atoms with Gasteiger partial charge in [-0.25, -0.2) is 13.9 Å². The van der Waals surface area contributed by atoms with Crippen molar-refractivity contribution in [1.82, 2.24) is 0 Å². The third kappa shape index (κ3) is 4860. The maximum Gasteiger partial charge on any atom is 0.503 e. The summed E-state index contributed by atoms with van der Waals surface area (Å²) in [4.78, 5) is 51.7. The van der Waals surface area contributed by atoms with Crippen LogP contribution in [0.1, 0.15) is 0 Å². The first-order valence-electron chi connectivity index (χ1n) is 2.22. The first-order chi connectivity index (χ1) is 5.73. The lowest BCUT2D eigenvalue weighted by atomic mass is 11.5. The van der Waals surface area contributed by atoms with Crippen molar-refractivity contribution < 1.29 is 53.5 Å². The lowest BCUT2D eigenvalue weighted by Crippen LogP contribution is -1.81. The van der Waals surface area contributed by atoms with Gasteiger partial charge in [0.25, 0.3) is 0 Å². The van der Waals surface area contributed by atoms with Gasteiger partial charge in [0.2, 0.25) is 0 Å². The zero-order valence-corrected chi connectivity index (χ0v) is 7.99. The molecule has 0 amide bonds. The fourth-order valence-corrected chi connectivity index (χ4v) is 0. The van der Waals surface area contributed by atoms with Gasteiger partial charge >= 0.3 is 21.8 Å². The van der Waals surface area contributed by atoms with Gasteiger partial charge in [-0.05, 0) is 0 Å². The molecule has 11 nitrogen and oxygen atoms in total. The minimum absolute atomic E-state index is 1.83. The predicted molar refractivity (Wildman–Crippen MR) is 39.2 cm³/mol. The molecule has 0 aromatic rings. The molecule has 0 unspecified atom stereocenters. The Labute approximate surface area is 76.4 Å². The summed E-state index contributed by atoms with van der Waals surface area (Å²) in [7, 11) is -9.28. The highest BCUT2D eigenvalue weighted by Crippen LogP contribution is 2.26. The molecule has 0 rings (SSSR count). The Morgan fingerprint density at radius 2 is 0.714 bits per heavy atom. The Balaban J connectivity index is -0.000000131. The molecule has 13 heteroatoms. The second-order valence-electron chi connectivity index (χ2n) is 1.31. The maximum absolute atomic E-state index is 8.88. The number of hydrogen-bond donors (Lipinski definition) is 8. The van der Waals surface area contributed by atoms with Crippen molar-refractivity contribution in [3.63, 3.8) is 0 Å². The van der Waals surface area contributed by atoms with Crippen LogP contribution in [0, 0.1) is 0 Å². The van der Waals surface area contributed by atoms with Crippen molar-refractivity contribution in [3.05, 3.63) is 0 Å². The largest absolute Gasteiger partial charge is 0.503 e. The third-order valence-electron chi connectivity index (χ3n) is 0. The lowest BCUT2D eigenvalue weighted by Gasteiger charge is -1.82. The van der Waals surface area contributed by atoms with Crippen LogP contribution in [0.5, 0.6) is 0 Å². The maximum atomic E-state index is 8.88. The van der Waals surface area contributed by atoms with E-state index in [2.05, 4.69) is 0 Å². The Morgan fingerprint density at radius 3 is 0.714 bits per heavy atom. The predicted octanol–water partition coefficient (Wildman–Crippen LogP) is -1.63. The monoisotopic (exact) mass is 258 g/mol. The van der Waals surface area contributed by atoms with E-state index in [9.17, 15) is 0 Å². The average molecular weight is 258 g/mol. The summed E-state index contributed by atoms with van der Waals surface area (Å²) < 4.78 is 17.8. The van der Waals surface area contributed by atoms with Crippen molar-refractivity contribution >= 4 is 21.8 Å². The van der Waals surface area contributed by atoms with E-state index in [0.717, 1.165) is 0 Å². The van der Waals surface area contributed by atoms with Gasteiger partial charge in [-0.2, -0.15) is 0 Å². The van der Waals surface area contributed by atoms with Crippen LogP contribution in [0.4, 0.5) is 4.79 Å². The van der Waals surface area contributed by atoms with Gasteiger partial charge in [0, 0.05) is 0 Å². The fourth-order valence-electron chi connectivity index (χ4n) is 0. The van der Waals surface area contributed by atoms with Crippen LogP contribution < -0.4 is 0 Å². The summed E-state index contributed by atoms with van der Waals surface area (Å²) in [6, 6.07) is 0. The molecule has 0 saturated heterocycles. The Morgan fingerprint density at radius 1 is 0.714 bits per heavy atom. The number of phosphoric acid groups is 2. The highest BCUT2D eigenvalue weighted by Gasteiger charge is 2.00. The van der Waals surface area contributed by atoms with Gasteiger partial charge < -0.3 is 39.6 Å². The van der Waals surface area contributed by atoms with Crippen molar-refractivity contribution in [2.45, 2.75) is 0 Å². The molecule has 0 fully saturated rings. The number of carbonyl (C=O) groups is 1. The van der Waals surface area contributed by atoms with Gasteiger partial charge in [-0.3, -0.25) is 0 Å². The van der Waals surface area contributed by atoms with Gasteiger partial charge in [0.15, 0.2) is 0 Å². The van der Waals surface area contributed by atoms with Crippen LogP contribution >= 0.6 is 15.6 Å². The zero-order chi connectivity index (χ0) is 12.6. The Hall–Kier alpha value is -0.510. The van der Waals surface area contributed by atoms with E-state index < -0.39 is 21.8 Å². The lowest BCUT2D eigenvalue weighted by molar-refractivity contribution is 0.136. The summed E-state index contributed by atoms with van der Waals surface area (Å²) in [5.74, 6) is 0. The van der Waals surface area contributed by atoms with Crippen LogP contribution in [0.25, 0.3) is 0 Å². The molecule has 0 spiro atoms. The number of rotatable bonds is 0. The minimum Gasteiger partial charge on any atom is -0.450 e. The van der Waals surface area contributed by atoms with E-state index in [1.807, 2.05) is 0 Å². The minimum atomic E-state index is -4.64. The molecule has 0 aromatic carbocycles. The first-order valence-corrected chi connectivity index (χ1v) is 5.35. The Kier molecular flexibility index (Phi) is 10.7. The van der Waals surface area contributed by atoms with Crippen molar-refractivity contribution in [1.29, 1.82) is 0 Å². The van der Waals surface area contributed by atoms with E-state index in [0.29, 0.717) is 0 Å². The molecule has 0 atom stereocenters. The molecule has 0 aliphatic carbocycles. The number of hydrogen-bond acceptors (Lipinski definition) is 3. The van der Waals surface area contributed by atoms with E-state index in [1.54, 1.807) is 0 Å². The first kappa shape index (κ1) is 19.1. The fraction of sp³-hybridized carbons (Fsp3) is 0. The standard InChI is InChI=1S/CH2O3.2H3O4P/c2-1(3)4;2*1-5(2,3)4/h(H2,2,3,4);2*(H3,1,2,3,4). The molecular weight excluding hydrogens is 250 g/mol. The molecule has 0 aromatic heterocycles. The molecule has 0 radical (unpaired) electrons. The second kappa shape index (κ2) is 7.85. The van der Waals surface area contributed by atoms with E-state index in [1.165, 1.54) is 0 Å². The van der Waals surface area contributed by atoms with Crippen LogP contribution in [0.15, 0.2) is 0 Å². The smallest absolute Gasteiger partial charge is 0.450 e. The van der Waals surface area contributed by atoms with Gasteiger partial charge in [0.1, 0.15) is 0 Å². The SMILES string of the molecule is O=C(O)O.O=P(O)(O)O.O=P(O)(O)O. The molecular formula is CH8O11P2. The summed E-state index contributed by atoms with van der Waals surface area (Å²) in [5.41, 5.74) is 0. The molecule has 0 heterocycles. The Bertz CT molecular complexity index is 189. The molecule has 0 bridgehead atoms.